The van der Waals surface area contributed by atoms with Gasteiger partial charge in [0.25, 0.3) is 0 Å². The van der Waals surface area contributed by atoms with E-state index in [4.69, 9.17) is 4.74 Å². The molecule has 0 spiro atoms. The van der Waals surface area contributed by atoms with E-state index in [-0.39, 0.29) is 5.78 Å². The Morgan fingerprint density at radius 1 is 1.12 bits per heavy atom. The molecule has 0 radical (unpaired) electrons. The van der Waals surface area contributed by atoms with E-state index < -0.39 is 6.03 Å². The van der Waals surface area contributed by atoms with Crippen molar-refractivity contribution in [2.75, 3.05) is 17.7 Å². The lowest BCUT2D eigenvalue weighted by atomic mass is 9.99. The van der Waals surface area contributed by atoms with E-state index in [0.717, 1.165) is 15.6 Å². The number of aromatic amines is 1. The van der Waals surface area contributed by atoms with Gasteiger partial charge in [0.1, 0.15) is 5.75 Å². The minimum Gasteiger partial charge on any atom is -0.496 e. The third kappa shape index (κ3) is 5.60. The Kier molecular flexibility index (Phi) is 7.06. The topological polar surface area (TPSA) is 109 Å². The SMILES string of the molecule is COc1ccccc1C(=O)c1cc(C)ccc1NC(=O)Nc1ncc(CSc2ncc[nH]2)s1. The molecular formula is C23H21N5O3S2. The monoisotopic (exact) mass is 479 g/mol. The molecule has 0 aliphatic carbocycles. The standard InChI is InChI=1S/C23H21N5O3S2/c1-14-7-8-18(17(11-14)20(29)16-5-3-4-6-19(16)31-2)27-21(30)28-23-26-12-15(33-23)13-32-22-24-9-10-25-22/h3-12H,13H2,1-2H3,(H,24,25)(H2,26,27,28,30). The Morgan fingerprint density at radius 3 is 2.76 bits per heavy atom. The largest absolute Gasteiger partial charge is 0.496 e. The number of ketones is 1. The highest BCUT2D eigenvalue weighted by Gasteiger charge is 2.19. The number of nitrogens with one attached hydrogen (secondary N) is 3. The van der Waals surface area contributed by atoms with Crippen molar-refractivity contribution in [3.63, 3.8) is 0 Å². The molecule has 0 aliphatic heterocycles. The number of anilines is 2. The molecular weight excluding hydrogens is 458 g/mol. The second kappa shape index (κ2) is 10.3. The van der Waals surface area contributed by atoms with Crippen LogP contribution in [-0.4, -0.2) is 33.9 Å². The van der Waals surface area contributed by atoms with E-state index in [1.807, 2.05) is 13.0 Å². The number of carbonyl (C=O) groups is 2. The van der Waals surface area contributed by atoms with Crippen LogP contribution < -0.4 is 15.4 Å². The van der Waals surface area contributed by atoms with Gasteiger partial charge in [-0.1, -0.05) is 35.5 Å². The average molecular weight is 480 g/mol. The van der Waals surface area contributed by atoms with E-state index in [9.17, 15) is 9.59 Å². The third-order valence-electron chi connectivity index (χ3n) is 4.62. The number of hydrogen-bond acceptors (Lipinski definition) is 7. The van der Waals surface area contributed by atoms with Crippen LogP contribution >= 0.6 is 23.1 Å². The molecule has 4 rings (SSSR count). The van der Waals surface area contributed by atoms with Crippen LogP contribution in [0.5, 0.6) is 5.75 Å². The van der Waals surface area contributed by atoms with E-state index in [1.54, 1.807) is 66.8 Å². The minimum absolute atomic E-state index is 0.238. The van der Waals surface area contributed by atoms with Gasteiger partial charge in [-0.2, -0.15) is 0 Å². The zero-order chi connectivity index (χ0) is 23.2. The maximum atomic E-state index is 13.2. The Morgan fingerprint density at radius 2 is 1.97 bits per heavy atom. The maximum absolute atomic E-state index is 13.2. The molecule has 2 heterocycles. The minimum atomic E-state index is -0.479. The summed E-state index contributed by atoms with van der Waals surface area (Å²) in [4.78, 5) is 38.3. The molecule has 10 heteroatoms. The molecule has 2 amide bonds. The number of ether oxygens (including phenoxy) is 1. The predicted molar refractivity (Wildman–Crippen MR) is 131 cm³/mol. The summed E-state index contributed by atoms with van der Waals surface area (Å²) in [5.41, 5.74) is 2.11. The number of carbonyl (C=O) groups excluding carboxylic acids is 2. The smallest absolute Gasteiger partial charge is 0.325 e. The Balaban J connectivity index is 1.46. The summed E-state index contributed by atoms with van der Waals surface area (Å²) in [5, 5.41) is 6.80. The van der Waals surface area contributed by atoms with Gasteiger partial charge in [0.05, 0.1) is 18.4 Å². The zero-order valence-corrected chi connectivity index (χ0v) is 19.5. The number of para-hydroxylation sites is 1. The summed E-state index contributed by atoms with van der Waals surface area (Å²) in [5.74, 6) is 0.921. The molecule has 4 aromatic rings. The quantitative estimate of drug-likeness (QED) is 0.232. The lowest BCUT2D eigenvalue weighted by Crippen LogP contribution is -2.21. The molecule has 168 valence electrons. The number of methoxy groups -OCH3 is 1. The molecule has 8 nitrogen and oxygen atoms in total. The third-order valence-corrected chi connectivity index (χ3v) is 6.67. The predicted octanol–water partition coefficient (Wildman–Crippen LogP) is 5.35. The highest BCUT2D eigenvalue weighted by Crippen LogP contribution is 2.28. The van der Waals surface area contributed by atoms with E-state index >= 15 is 0 Å². The number of hydrogen-bond donors (Lipinski definition) is 3. The molecule has 0 bridgehead atoms. The first-order valence-electron chi connectivity index (χ1n) is 9.96. The van der Waals surface area contributed by atoms with Crippen LogP contribution in [0.25, 0.3) is 0 Å². The number of amides is 2. The number of thioether (sulfide) groups is 1. The van der Waals surface area contributed by atoms with Crippen LogP contribution in [-0.2, 0) is 5.75 Å². The Labute approximate surface area is 198 Å². The molecule has 2 aromatic carbocycles. The van der Waals surface area contributed by atoms with Crippen molar-refractivity contribution in [3.8, 4) is 5.75 Å². The second-order valence-corrected chi connectivity index (χ2v) is 9.05. The lowest BCUT2D eigenvalue weighted by Gasteiger charge is -2.13. The van der Waals surface area contributed by atoms with Gasteiger partial charge in [-0.25, -0.2) is 14.8 Å². The first kappa shape index (κ1) is 22.6. The number of thiazole rings is 1. The average Bonchev–Trinajstić information content (AvgIpc) is 3.50. The van der Waals surface area contributed by atoms with Gasteiger partial charge >= 0.3 is 6.03 Å². The van der Waals surface area contributed by atoms with Crippen LogP contribution in [0.15, 0.2) is 66.2 Å². The number of H-pyrrole nitrogens is 1. The molecule has 0 fully saturated rings. The number of aryl methyl sites for hydroxylation is 1. The van der Waals surface area contributed by atoms with Gasteiger partial charge in [0, 0.05) is 34.8 Å². The van der Waals surface area contributed by atoms with Gasteiger partial charge in [-0.05, 0) is 31.2 Å². The zero-order valence-electron chi connectivity index (χ0n) is 17.9. The lowest BCUT2D eigenvalue weighted by molar-refractivity contribution is 0.103. The van der Waals surface area contributed by atoms with Crippen molar-refractivity contribution in [1.29, 1.82) is 0 Å². The molecule has 0 saturated heterocycles. The number of aromatic nitrogens is 3. The second-order valence-electron chi connectivity index (χ2n) is 6.97. The fraction of sp³-hybridized carbons (Fsp3) is 0.130. The maximum Gasteiger partial charge on any atom is 0.325 e. The molecule has 33 heavy (non-hydrogen) atoms. The van der Waals surface area contributed by atoms with Gasteiger partial charge in [-0.15, -0.1) is 11.3 Å². The van der Waals surface area contributed by atoms with Crippen molar-refractivity contribution in [2.24, 2.45) is 0 Å². The molecule has 0 aliphatic rings. The van der Waals surface area contributed by atoms with Crippen LogP contribution in [0, 0.1) is 6.92 Å². The highest BCUT2D eigenvalue weighted by atomic mass is 32.2. The molecule has 0 unspecified atom stereocenters. The summed E-state index contributed by atoms with van der Waals surface area (Å²) in [6.07, 6.45) is 5.19. The number of nitrogens with zero attached hydrogens (tertiary/aromatic N) is 2. The van der Waals surface area contributed by atoms with Gasteiger partial charge < -0.3 is 15.0 Å². The van der Waals surface area contributed by atoms with E-state index in [1.165, 1.54) is 18.4 Å². The summed E-state index contributed by atoms with van der Waals surface area (Å²) < 4.78 is 5.33. The summed E-state index contributed by atoms with van der Waals surface area (Å²) in [7, 11) is 1.52. The Bertz CT molecular complexity index is 1270. The van der Waals surface area contributed by atoms with E-state index in [2.05, 4.69) is 25.6 Å². The Hall–Kier alpha value is -3.63. The molecule has 2 aromatic heterocycles. The number of benzene rings is 2. The molecule has 0 atom stereocenters. The first-order chi connectivity index (χ1) is 16.0. The molecule has 3 N–H and O–H groups in total. The van der Waals surface area contributed by atoms with Crippen LogP contribution in [0.4, 0.5) is 15.6 Å². The van der Waals surface area contributed by atoms with Gasteiger partial charge in [-0.3, -0.25) is 10.1 Å². The highest BCUT2D eigenvalue weighted by molar-refractivity contribution is 7.98. The van der Waals surface area contributed by atoms with Crippen molar-refractivity contribution in [1.82, 2.24) is 15.0 Å². The number of imidazole rings is 1. The fourth-order valence-electron chi connectivity index (χ4n) is 3.08. The van der Waals surface area contributed by atoms with Crippen molar-refractivity contribution in [3.05, 3.63) is 82.6 Å². The summed E-state index contributed by atoms with van der Waals surface area (Å²) in [6.45, 7) is 1.89. The van der Waals surface area contributed by atoms with Crippen molar-refractivity contribution in [2.45, 2.75) is 17.8 Å². The summed E-state index contributed by atoms with van der Waals surface area (Å²) in [6, 6.07) is 11.8. The van der Waals surface area contributed by atoms with Crippen molar-refractivity contribution >= 4 is 45.7 Å². The first-order valence-corrected chi connectivity index (χ1v) is 11.8. The number of rotatable bonds is 8. The van der Waals surface area contributed by atoms with Crippen LogP contribution in [0.3, 0.4) is 0 Å². The van der Waals surface area contributed by atoms with Gasteiger partial charge in [0.15, 0.2) is 16.1 Å². The van der Waals surface area contributed by atoms with Crippen molar-refractivity contribution < 1.29 is 14.3 Å². The van der Waals surface area contributed by atoms with Gasteiger partial charge in [0.2, 0.25) is 0 Å². The summed E-state index contributed by atoms with van der Waals surface area (Å²) >= 11 is 2.93. The molecule has 0 saturated carbocycles. The fourth-order valence-corrected chi connectivity index (χ4v) is 4.74. The number of urea groups is 1. The van der Waals surface area contributed by atoms with Crippen LogP contribution in [0.2, 0.25) is 0 Å². The normalized spacial score (nSPS) is 10.6. The van der Waals surface area contributed by atoms with Crippen LogP contribution in [0.1, 0.15) is 26.4 Å². The van der Waals surface area contributed by atoms with E-state index in [0.29, 0.717) is 33.4 Å².